The van der Waals surface area contributed by atoms with Crippen LogP contribution in [0.15, 0.2) is 42.5 Å². The number of thiophene rings is 1. The zero-order valence-corrected chi connectivity index (χ0v) is 20.7. The fourth-order valence-electron chi connectivity index (χ4n) is 4.55. The van der Waals surface area contributed by atoms with Crippen LogP contribution < -0.4 is 4.74 Å². The molecule has 0 unspecified atom stereocenters. The van der Waals surface area contributed by atoms with Crippen molar-refractivity contribution in [2.24, 2.45) is 0 Å². The fourth-order valence-corrected chi connectivity index (χ4v) is 5.95. The van der Waals surface area contributed by atoms with Crippen molar-refractivity contribution in [3.05, 3.63) is 53.6 Å². The molecule has 3 nitrogen and oxygen atoms in total. The first-order chi connectivity index (χ1) is 15.4. The first-order valence-corrected chi connectivity index (χ1v) is 12.6. The molecule has 0 bridgehead atoms. The van der Waals surface area contributed by atoms with Crippen molar-refractivity contribution in [2.75, 3.05) is 7.11 Å². The van der Waals surface area contributed by atoms with Crippen molar-refractivity contribution in [1.82, 2.24) is 0 Å². The van der Waals surface area contributed by atoms with Crippen molar-refractivity contribution in [3.63, 3.8) is 0 Å². The normalized spacial score (nSPS) is 11.8. The number of ether oxygens (including phenoxy) is 1. The van der Waals surface area contributed by atoms with E-state index in [1.807, 2.05) is 24.3 Å². The molecule has 0 fully saturated rings. The molecule has 2 aromatic carbocycles. The van der Waals surface area contributed by atoms with Gasteiger partial charge in [0.25, 0.3) is 0 Å². The Morgan fingerprint density at radius 2 is 1.62 bits per heavy atom. The number of rotatable bonds is 12. The molecule has 0 aliphatic heterocycles. The van der Waals surface area contributed by atoms with Gasteiger partial charge in [-0.3, -0.25) is 0 Å². The van der Waals surface area contributed by atoms with E-state index in [0.29, 0.717) is 5.56 Å². The summed E-state index contributed by atoms with van der Waals surface area (Å²) in [6.45, 7) is 6.94. The monoisotopic (exact) mass is 452 g/mol. The Morgan fingerprint density at radius 3 is 2.25 bits per heavy atom. The topological polar surface area (TPSA) is 46.5 Å². The van der Waals surface area contributed by atoms with E-state index >= 15 is 0 Å². The first-order valence-electron chi connectivity index (χ1n) is 11.8. The lowest BCUT2D eigenvalue weighted by molar-refractivity contribution is 0.0697. The molecule has 32 heavy (non-hydrogen) atoms. The molecule has 3 aromatic rings. The highest BCUT2D eigenvalue weighted by Gasteiger charge is 2.30. The van der Waals surface area contributed by atoms with E-state index in [4.69, 9.17) is 4.74 Å². The van der Waals surface area contributed by atoms with Crippen molar-refractivity contribution in [2.45, 2.75) is 77.6 Å². The molecule has 172 valence electrons. The van der Waals surface area contributed by atoms with Gasteiger partial charge in [0.1, 0.15) is 5.75 Å². The standard InChI is InChI=1S/C28H36O3S/c1-5-6-7-8-9-10-11-19-28(2,3)25-24-22(31-4)13-12-14-23(24)32-26(25)20-15-17-21(18-16-20)27(29)30/h12-18H,5-11,19H2,1-4H3,(H,29,30). The lowest BCUT2D eigenvalue weighted by Crippen LogP contribution is -2.17. The highest BCUT2D eigenvalue weighted by atomic mass is 32.1. The summed E-state index contributed by atoms with van der Waals surface area (Å²) in [5.74, 6) is 0.0175. The van der Waals surface area contributed by atoms with E-state index in [1.165, 1.54) is 65.5 Å². The van der Waals surface area contributed by atoms with Crippen molar-refractivity contribution < 1.29 is 14.6 Å². The van der Waals surface area contributed by atoms with Crippen LogP contribution in [-0.4, -0.2) is 18.2 Å². The van der Waals surface area contributed by atoms with Crippen molar-refractivity contribution >= 4 is 27.4 Å². The SMILES string of the molecule is CCCCCCCCCC(C)(C)c1c(-c2ccc(C(=O)O)cc2)sc2cccc(OC)c12. The zero-order valence-electron chi connectivity index (χ0n) is 19.9. The van der Waals surface area contributed by atoms with Gasteiger partial charge in [0.15, 0.2) is 0 Å². The van der Waals surface area contributed by atoms with E-state index in [-0.39, 0.29) is 5.41 Å². The molecule has 0 saturated heterocycles. The molecule has 1 aromatic heterocycles. The third-order valence-electron chi connectivity index (χ3n) is 6.37. The Morgan fingerprint density at radius 1 is 0.969 bits per heavy atom. The number of hydrogen-bond donors (Lipinski definition) is 1. The Labute approximate surface area is 196 Å². The molecular weight excluding hydrogens is 416 g/mol. The second-order valence-corrected chi connectivity index (χ2v) is 10.3. The van der Waals surface area contributed by atoms with E-state index in [9.17, 15) is 9.90 Å². The lowest BCUT2D eigenvalue weighted by Gasteiger charge is -2.27. The van der Waals surface area contributed by atoms with E-state index in [0.717, 1.165) is 17.7 Å². The molecule has 1 N–H and O–H groups in total. The number of aromatic carboxylic acids is 1. The largest absolute Gasteiger partial charge is 0.496 e. The summed E-state index contributed by atoms with van der Waals surface area (Å²) in [6.07, 6.45) is 10.2. The lowest BCUT2D eigenvalue weighted by atomic mass is 9.77. The maximum atomic E-state index is 11.3. The Bertz CT molecular complexity index is 1030. The summed E-state index contributed by atoms with van der Waals surface area (Å²) in [5, 5.41) is 10.5. The number of hydrogen-bond acceptors (Lipinski definition) is 3. The molecule has 4 heteroatoms. The molecule has 0 atom stereocenters. The molecule has 0 aliphatic rings. The third kappa shape index (κ3) is 5.53. The fraction of sp³-hybridized carbons (Fsp3) is 0.464. The number of fused-ring (bicyclic) bond motifs is 1. The zero-order chi connectivity index (χ0) is 23.1. The van der Waals surface area contributed by atoms with Gasteiger partial charge < -0.3 is 9.84 Å². The van der Waals surface area contributed by atoms with Crippen LogP contribution in [0, 0.1) is 0 Å². The van der Waals surface area contributed by atoms with Gasteiger partial charge in [-0.2, -0.15) is 0 Å². The first kappa shape index (κ1) is 24.3. The summed E-state index contributed by atoms with van der Waals surface area (Å²) >= 11 is 1.77. The molecule has 1 heterocycles. The molecule has 0 radical (unpaired) electrons. The van der Waals surface area contributed by atoms with E-state index in [2.05, 4.69) is 26.8 Å². The number of benzene rings is 2. The second-order valence-electron chi connectivity index (χ2n) is 9.28. The highest BCUT2D eigenvalue weighted by Crippen LogP contribution is 2.49. The molecule has 0 aliphatic carbocycles. The minimum Gasteiger partial charge on any atom is -0.496 e. The quantitative estimate of drug-likeness (QED) is 0.280. The maximum absolute atomic E-state index is 11.3. The van der Waals surface area contributed by atoms with Crippen LogP contribution in [0.3, 0.4) is 0 Å². The summed E-state index contributed by atoms with van der Waals surface area (Å²) < 4.78 is 6.98. The summed E-state index contributed by atoms with van der Waals surface area (Å²) in [5.41, 5.74) is 2.69. The van der Waals surface area contributed by atoms with Crippen molar-refractivity contribution in [3.8, 4) is 16.2 Å². The minimum atomic E-state index is -0.894. The van der Waals surface area contributed by atoms with Crippen LogP contribution in [-0.2, 0) is 5.41 Å². The smallest absolute Gasteiger partial charge is 0.335 e. The van der Waals surface area contributed by atoms with Crippen LogP contribution in [0.5, 0.6) is 5.75 Å². The van der Waals surface area contributed by atoms with Crippen molar-refractivity contribution in [1.29, 1.82) is 0 Å². The summed E-state index contributed by atoms with van der Waals surface area (Å²) in [7, 11) is 1.74. The Balaban J connectivity index is 1.94. The average molecular weight is 453 g/mol. The maximum Gasteiger partial charge on any atom is 0.335 e. The predicted molar refractivity (Wildman–Crippen MR) is 136 cm³/mol. The van der Waals surface area contributed by atoms with Crippen LogP contribution in [0.2, 0.25) is 0 Å². The third-order valence-corrected chi connectivity index (χ3v) is 7.58. The van der Waals surface area contributed by atoms with Gasteiger partial charge in [0, 0.05) is 15.0 Å². The van der Waals surface area contributed by atoms with Crippen LogP contribution in [0.1, 0.15) is 88.1 Å². The van der Waals surface area contributed by atoms with Crippen LogP contribution >= 0.6 is 11.3 Å². The number of carboxylic acids is 1. The average Bonchev–Trinajstić information content (AvgIpc) is 3.19. The Kier molecular flexibility index (Phi) is 8.36. The van der Waals surface area contributed by atoms with Gasteiger partial charge >= 0.3 is 5.97 Å². The van der Waals surface area contributed by atoms with Gasteiger partial charge in [-0.15, -0.1) is 11.3 Å². The number of carboxylic acid groups (broad SMARTS) is 1. The van der Waals surface area contributed by atoms with E-state index < -0.39 is 5.97 Å². The second kappa shape index (κ2) is 11.0. The van der Waals surface area contributed by atoms with Gasteiger partial charge in [-0.25, -0.2) is 4.79 Å². The van der Waals surface area contributed by atoms with Crippen LogP contribution in [0.25, 0.3) is 20.5 Å². The Hall–Kier alpha value is -2.33. The van der Waals surface area contributed by atoms with Gasteiger partial charge in [0.05, 0.1) is 12.7 Å². The number of carbonyl (C=O) groups is 1. The summed E-state index contributed by atoms with van der Waals surface area (Å²) in [6, 6.07) is 13.5. The number of methoxy groups -OCH3 is 1. The summed E-state index contributed by atoms with van der Waals surface area (Å²) in [4.78, 5) is 12.5. The molecule has 0 saturated carbocycles. The molecule has 0 amide bonds. The van der Waals surface area contributed by atoms with Crippen LogP contribution in [0.4, 0.5) is 0 Å². The van der Waals surface area contributed by atoms with Gasteiger partial charge in [0.2, 0.25) is 0 Å². The van der Waals surface area contributed by atoms with E-state index in [1.54, 1.807) is 30.6 Å². The van der Waals surface area contributed by atoms with Gasteiger partial charge in [-0.1, -0.05) is 83.9 Å². The molecule has 0 spiro atoms. The molecule has 3 rings (SSSR count). The minimum absolute atomic E-state index is 0.0168. The van der Waals surface area contributed by atoms with Gasteiger partial charge in [-0.05, 0) is 47.2 Å². The highest BCUT2D eigenvalue weighted by molar-refractivity contribution is 7.22. The number of unbranched alkanes of at least 4 members (excludes halogenated alkanes) is 6. The predicted octanol–water partition coefficient (Wildman–Crippen LogP) is 8.69. The molecular formula is C28H36O3S.